The molecule has 0 rings (SSSR count). The minimum Gasteiger partial charge on any atom is -0.480 e. The molecule has 0 aromatic rings. The third-order valence-electron chi connectivity index (χ3n) is 4.10. The van der Waals surface area contributed by atoms with E-state index in [-0.39, 0.29) is 12.3 Å². The number of Topliss-reactive ketones (excluding diaryl/α,β-unsaturated/α-hetero) is 1. The van der Waals surface area contributed by atoms with Crippen LogP contribution in [0.25, 0.3) is 0 Å². The second-order valence-electron chi connectivity index (χ2n) is 6.88. The molecule has 26 heavy (non-hydrogen) atoms. The summed E-state index contributed by atoms with van der Waals surface area (Å²) in [5.74, 6) is -3.05. The number of hydrogen-bond donors (Lipinski definition) is 5. The number of carbonyl (C=O) groups is 4. The number of aliphatic carboxylic acids is 1. The maximum Gasteiger partial charge on any atom is 0.319 e. The number of aliphatic hydroxyl groups excluding tert-OH is 2. The molecule has 0 aliphatic rings. The highest BCUT2D eigenvalue weighted by Crippen LogP contribution is 2.16. The zero-order chi connectivity index (χ0) is 20.3. The summed E-state index contributed by atoms with van der Waals surface area (Å²) in [6.07, 6.45) is 2.75. The van der Waals surface area contributed by atoms with E-state index in [0.29, 0.717) is 12.3 Å². The van der Waals surface area contributed by atoms with Crippen molar-refractivity contribution in [3.63, 3.8) is 0 Å². The first-order valence-corrected chi connectivity index (χ1v) is 8.64. The van der Waals surface area contributed by atoms with Crippen molar-refractivity contribution in [1.29, 1.82) is 0 Å². The fourth-order valence-corrected chi connectivity index (χ4v) is 2.06. The fourth-order valence-electron chi connectivity index (χ4n) is 2.06. The van der Waals surface area contributed by atoms with Crippen LogP contribution in [0.3, 0.4) is 0 Å². The Labute approximate surface area is 153 Å². The predicted molar refractivity (Wildman–Crippen MR) is 93.2 cm³/mol. The highest BCUT2D eigenvalue weighted by Gasteiger charge is 2.40. The van der Waals surface area contributed by atoms with Crippen LogP contribution in [-0.4, -0.2) is 64.7 Å². The molecular formula is C17H30N2O7. The summed E-state index contributed by atoms with van der Waals surface area (Å²) in [5.41, 5.74) is -2.03. The predicted octanol–water partition coefficient (Wildman–Crippen LogP) is -0.552. The van der Waals surface area contributed by atoms with Gasteiger partial charge in [0, 0.05) is 6.42 Å². The molecule has 0 spiro atoms. The molecule has 0 saturated carbocycles. The number of unbranched alkanes of at least 4 members (excludes halogenated alkanes) is 1. The second kappa shape index (κ2) is 11.6. The van der Waals surface area contributed by atoms with Crippen molar-refractivity contribution in [2.45, 2.75) is 52.5 Å². The normalized spacial score (nSPS) is 14.4. The molecule has 0 aliphatic heterocycles. The standard InChI is InChI=1S/C17H30N2O7/c1-11(2)6-4-5-7-14(23)19-12(9-20)15(24)18-8-13(22)17(3,10-21)16(25)26/h11-12,20-21H,4-10H2,1-3H3,(H,18,24)(H,19,23)(H,25,26). The van der Waals surface area contributed by atoms with Crippen molar-refractivity contribution in [2.24, 2.45) is 11.3 Å². The van der Waals surface area contributed by atoms with Gasteiger partial charge in [-0.3, -0.25) is 19.2 Å². The minimum absolute atomic E-state index is 0.219. The molecule has 5 N–H and O–H groups in total. The van der Waals surface area contributed by atoms with Crippen LogP contribution >= 0.6 is 0 Å². The second-order valence-corrected chi connectivity index (χ2v) is 6.88. The van der Waals surface area contributed by atoms with Gasteiger partial charge in [-0.2, -0.15) is 0 Å². The molecule has 9 heteroatoms. The van der Waals surface area contributed by atoms with E-state index in [4.69, 9.17) is 10.2 Å². The van der Waals surface area contributed by atoms with Gasteiger partial charge in [-0.05, 0) is 19.3 Å². The SMILES string of the molecule is CC(C)CCCCC(=O)NC(CO)C(=O)NCC(=O)C(C)(CO)C(=O)O. The molecule has 150 valence electrons. The van der Waals surface area contributed by atoms with Crippen molar-refractivity contribution in [2.75, 3.05) is 19.8 Å². The van der Waals surface area contributed by atoms with Gasteiger partial charge in [0.1, 0.15) is 11.5 Å². The van der Waals surface area contributed by atoms with Crippen LogP contribution in [0.15, 0.2) is 0 Å². The van der Waals surface area contributed by atoms with Crippen LogP contribution in [0, 0.1) is 11.3 Å². The van der Waals surface area contributed by atoms with E-state index in [1.807, 2.05) is 0 Å². The Morgan fingerprint density at radius 2 is 1.69 bits per heavy atom. The summed E-state index contributed by atoms with van der Waals surface area (Å²) in [6, 6.07) is -1.23. The lowest BCUT2D eigenvalue weighted by Crippen LogP contribution is -2.52. The monoisotopic (exact) mass is 374 g/mol. The summed E-state index contributed by atoms with van der Waals surface area (Å²) in [7, 11) is 0. The van der Waals surface area contributed by atoms with Crippen molar-refractivity contribution in [3.05, 3.63) is 0 Å². The Kier molecular flexibility index (Phi) is 10.7. The first-order valence-electron chi connectivity index (χ1n) is 8.64. The summed E-state index contributed by atoms with van der Waals surface area (Å²) < 4.78 is 0. The largest absolute Gasteiger partial charge is 0.480 e. The van der Waals surface area contributed by atoms with Gasteiger partial charge in [0.2, 0.25) is 11.8 Å². The quantitative estimate of drug-likeness (QED) is 0.214. The number of rotatable bonds is 13. The van der Waals surface area contributed by atoms with Gasteiger partial charge >= 0.3 is 5.97 Å². The lowest BCUT2D eigenvalue weighted by Gasteiger charge is -2.21. The fraction of sp³-hybridized carbons (Fsp3) is 0.765. The highest BCUT2D eigenvalue weighted by molar-refractivity contribution is 6.05. The zero-order valence-corrected chi connectivity index (χ0v) is 15.6. The van der Waals surface area contributed by atoms with Crippen molar-refractivity contribution in [1.82, 2.24) is 10.6 Å². The number of carboxylic acid groups (broad SMARTS) is 1. The molecule has 2 atom stereocenters. The van der Waals surface area contributed by atoms with Gasteiger partial charge in [-0.15, -0.1) is 0 Å². The Morgan fingerprint density at radius 3 is 2.15 bits per heavy atom. The number of aliphatic hydroxyl groups is 2. The molecule has 0 radical (unpaired) electrons. The molecule has 0 aliphatic carbocycles. The Balaban J connectivity index is 4.46. The lowest BCUT2D eigenvalue weighted by atomic mass is 9.86. The van der Waals surface area contributed by atoms with Crippen LogP contribution in [0.2, 0.25) is 0 Å². The topological polar surface area (TPSA) is 153 Å². The smallest absolute Gasteiger partial charge is 0.319 e. The number of ketones is 1. The van der Waals surface area contributed by atoms with Gasteiger partial charge in [0.25, 0.3) is 0 Å². The maximum atomic E-state index is 12.0. The zero-order valence-electron chi connectivity index (χ0n) is 15.6. The van der Waals surface area contributed by atoms with E-state index in [1.54, 1.807) is 0 Å². The summed E-state index contributed by atoms with van der Waals surface area (Å²) in [5, 5.41) is 31.9. The molecular weight excluding hydrogens is 344 g/mol. The van der Waals surface area contributed by atoms with E-state index < -0.39 is 48.9 Å². The Bertz CT molecular complexity index is 507. The molecule has 0 heterocycles. The van der Waals surface area contributed by atoms with Crippen LogP contribution in [0.5, 0.6) is 0 Å². The minimum atomic E-state index is -2.03. The molecule has 0 fully saturated rings. The summed E-state index contributed by atoms with van der Waals surface area (Å²) in [6.45, 7) is 3.01. The average molecular weight is 374 g/mol. The van der Waals surface area contributed by atoms with Gasteiger partial charge < -0.3 is 26.0 Å². The highest BCUT2D eigenvalue weighted by atomic mass is 16.4. The third kappa shape index (κ3) is 7.92. The van der Waals surface area contributed by atoms with Gasteiger partial charge in [0.15, 0.2) is 5.78 Å². The number of carboxylic acids is 1. The molecule has 0 bridgehead atoms. The van der Waals surface area contributed by atoms with E-state index in [9.17, 15) is 24.3 Å². The van der Waals surface area contributed by atoms with Crippen LogP contribution in [-0.2, 0) is 19.2 Å². The molecule has 2 amide bonds. The van der Waals surface area contributed by atoms with Gasteiger partial charge in [-0.25, -0.2) is 0 Å². The number of carbonyl (C=O) groups excluding carboxylic acids is 3. The molecule has 2 unspecified atom stereocenters. The van der Waals surface area contributed by atoms with E-state index >= 15 is 0 Å². The molecule has 0 aromatic carbocycles. The summed E-state index contributed by atoms with van der Waals surface area (Å²) in [4.78, 5) is 46.7. The van der Waals surface area contributed by atoms with Crippen molar-refractivity contribution < 1.29 is 34.5 Å². The molecule has 0 saturated heterocycles. The van der Waals surface area contributed by atoms with E-state index in [1.165, 1.54) is 0 Å². The van der Waals surface area contributed by atoms with Crippen LogP contribution < -0.4 is 10.6 Å². The average Bonchev–Trinajstić information content (AvgIpc) is 2.59. The lowest BCUT2D eigenvalue weighted by molar-refractivity contribution is -0.156. The van der Waals surface area contributed by atoms with E-state index in [0.717, 1.165) is 19.8 Å². The summed E-state index contributed by atoms with van der Waals surface area (Å²) >= 11 is 0. The van der Waals surface area contributed by atoms with Crippen molar-refractivity contribution in [3.8, 4) is 0 Å². The maximum absolute atomic E-state index is 12.0. The van der Waals surface area contributed by atoms with Crippen molar-refractivity contribution >= 4 is 23.6 Å². The Morgan fingerprint density at radius 1 is 1.08 bits per heavy atom. The number of nitrogens with one attached hydrogen (secondary N) is 2. The van der Waals surface area contributed by atoms with Crippen LogP contribution in [0.1, 0.15) is 46.5 Å². The number of hydrogen-bond acceptors (Lipinski definition) is 6. The van der Waals surface area contributed by atoms with Gasteiger partial charge in [-0.1, -0.05) is 26.7 Å². The molecule has 9 nitrogen and oxygen atoms in total. The first-order chi connectivity index (χ1) is 12.1. The van der Waals surface area contributed by atoms with Gasteiger partial charge in [0.05, 0.1) is 19.8 Å². The molecule has 0 aromatic heterocycles. The third-order valence-corrected chi connectivity index (χ3v) is 4.10. The van der Waals surface area contributed by atoms with Crippen LogP contribution in [0.4, 0.5) is 0 Å². The number of amides is 2. The first kappa shape index (κ1) is 24.0. The Hall–Kier alpha value is -2.00. The van der Waals surface area contributed by atoms with E-state index in [2.05, 4.69) is 24.5 Å².